The van der Waals surface area contributed by atoms with Crippen LogP contribution in [0.5, 0.6) is 0 Å². The van der Waals surface area contributed by atoms with Crippen LogP contribution in [0.2, 0.25) is 0 Å². The second-order valence-electron chi connectivity index (χ2n) is 11.9. The van der Waals surface area contributed by atoms with Gasteiger partial charge in [0.25, 0.3) is 0 Å². The third-order valence-electron chi connectivity index (χ3n) is 6.99. The lowest BCUT2D eigenvalue weighted by atomic mass is 9.80. The van der Waals surface area contributed by atoms with Crippen LogP contribution >= 0.6 is 12.2 Å². The van der Waals surface area contributed by atoms with Crippen molar-refractivity contribution >= 4 is 17.3 Å². The molecule has 2 aromatic rings. The standard InChI is InChI=1S/C30H45N3S/c1-8-9-18-31-28(34)33-25-19-26(32-20-25)27(21-10-14-23(15-11-21)29(2,3)4)22-12-16-24(17-13-22)30(5,6)7/h10-17,25-27,32H,8-9,18-20H2,1-7H3,(H2,31,33,34)/t25-,26-/m1/s1. The lowest BCUT2D eigenvalue weighted by Crippen LogP contribution is -2.43. The Morgan fingerprint density at radius 1 is 0.912 bits per heavy atom. The van der Waals surface area contributed by atoms with Gasteiger partial charge in [-0.15, -0.1) is 0 Å². The summed E-state index contributed by atoms with van der Waals surface area (Å²) in [6.45, 7) is 17.7. The van der Waals surface area contributed by atoms with E-state index < -0.39 is 0 Å². The summed E-state index contributed by atoms with van der Waals surface area (Å²) < 4.78 is 0. The monoisotopic (exact) mass is 479 g/mol. The van der Waals surface area contributed by atoms with Crippen LogP contribution in [-0.4, -0.2) is 30.3 Å². The topological polar surface area (TPSA) is 36.1 Å². The first-order valence-electron chi connectivity index (χ1n) is 13.0. The van der Waals surface area contributed by atoms with E-state index in [0.29, 0.717) is 18.0 Å². The Morgan fingerprint density at radius 3 is 1.85 bits per heavy atom. The summed E-state index contributed by atoms with van der Waals surface area (Å²) in [5.41, 5.74) is 5.81. The van der Waals surface area contributed by atoms with Crippen LogP contribution in [0.1, 0.15) is 95.9 Å². The molecule has 0 aromatic heterocycles. The fourth-order valence-electron chi connectivity index (χ4n) is 4.78. The molecule has 34 heavy (non-hydrogen) atoms. The van der Waals surface area contributed by atoms with Gasteiger partial charge in [-0.2, -0.15) is 0 Å². The summed E-state index contributed by atoms with van der Waals surface area (Å²) in [7, 11) is 0. The molecular formula is C30H45N3S. The van der Waals surface area contributed by atoms with Gasteiger partial charge >= 0.3 is 0 Å². The largest absolute Gasteiger partial charge is 0.363 e. The minimum atomic E-state index is 0.156. The zero-order chi connectivity index (χ0) is 24.9. The Morgan fingerprint density at radius 2 is 1.41 bits per heavy atom. The second-order valence-corrected chi connectivity index (χ2v) is 12.3. The molecule has 0 aliphatic carbocycles. The Kier molecular flexibility index (Phi) is 8.81. The van der Waals surface area contributed by atoms with Gasteiger partial charge in [-0.05, 0) is 58.1 Å². The van der Waals surface area contributed by atoms with E-state index >= 15 is 0 Å². The van der Waals surface area contributed by atoms with Crippen molar-refractivity contribution in [3.63, 3.8) is 0 Å². The van der Waals surface area contributed by atoms with Gasteiger partial charge in [0.05, 0.1) is 0 Å². The van der Waals surface area contributed by atoms with E-state index in [0.717, 1.165) is 31.0 Å². The van der Waals surface area contributed by atoms with Crippen LogP contribution in [-0.2, 0) is 10.8 Å². The third kappa shape index (κ3) is 7.05. The highest BCUT2D eigenvalue weighted by Gasteiger charge is 2.33. The zero-order valence-corrected chi connectivity index (χ0v) is 23.1. The number of nitrogens with one attached hydrogen (secondary N) is 3. The first kappa shape index (κ1) is 26.7. The van der Waals surface area contributed by atoms with E-state index in [1.807, 2.05) is 0 Å². The number of hydrogen-bond acceptors (Lipinski definition) is 2. The third-order valence-corrected chi connectivity index (χ3v) is 7.25. The van der Waals surface area contributed by atoms with Crippen molar-refractivity contribution in [2.45, 2.75) is 96.6 Å². The zero-order valence-electron chi connectivity index (χ0n) is 22.3. The quantitative estimate of drug-likeness (QED) is 0.317. The van der Waals surface area contributed by atoms with Crippen LogP contribution in [0.15, 0.2) is 48.5 Å². The first-order valence-corrected chi connectivity index (χ1v) is 13.4. The molecule has 186 valence electrons. The molecule has 0 radical (unpaired) electrons. The normalized spacial score (nSPS) is 18.8. The predicted octanol–water partition coefficient (Wildman–Crippen LogP) is 6.41. The molecule has 3 N–H and O–H groups in total. The highest BCUT2D eigenvalue weighted by atomic mass is 32.1. The molecule has 4 heteroatoms. The number of thiocarbonyl (C=S) groups is 1. The average Bonchev–Trinajstić information content (AvgIpc) is 3.21. The van der Waals surface area contributed by atoms with Crippen molar-refractivity contribution in [1.82, 2.24) is 16.0 Å². The molecule has 1 fully saturated rings. The van der Waals surface area contributed by atoms with Crippen molar-refractivity contribution in [1.29, 1.82) is 0 Å². The molecule has 1 aliphatic rings. The van der Waals surface area contributed by atoms with Gasteiger partial charge in [-0.1, -0.05) is 103 Å². The SMILES string of the molecule is CCCCNC(=S)N[C@H]1CN[C@@H](C(c2ccc(C(C)(C)C)cc2)c2ccc(C(C)(C)C)cc2)C1. The molecular weight excluding hydrogens is 434 g/mol. The average molecular weight is 480 g/mol. The molecule has 2 atom stereocenters. The number of unbranched alkanes of at least 4 members (excludes halogenated alkanes) is 1. The summed E-state index contributed by atoms with van der Waals surface area (Å²) in [4.78, 5) is 0. The number of rotatable bonds is 7. The van der Waals surface area contributed by atoms with E-state index in [1.165, 1.54) is 28.7 Å². The van der Waals surface area contributed by atoms with Gasteiger partial charge < -0.3 is 16.0 Å². The molecule has 0 bridgehead atoms. The first-order chi connectivity index (χ1) is 16.0. The van der Waals surface area contributed by atoms with E-state index in [4.69, 9.17) is 12.2 Å². The lowest BCUT2D eigenvalue weighted by molar-refractivity contribution is 0.528. The Bertz CT molecular complexity index is 862. The maximum atomic E-state index is 5.54. The van der Waals surface area contributed by atoms with Crippen molar-refractivity contribution in [2.24, 2.45) is 0 Å². The molecule has 1 saturated heterocycles. The van der Waals surface area contributed by atoms with Crippen molar-refractivity contribution in [3.8, 4) is 0 Å². The maximum absolute atomic E-state index is 5.54. The summed E-state index contributed by atoms with van der Waals surface area (Å²) >= 11 is 5.54. The van der Waals surface area contributed by atoms with Gasteiger partial charge in [-0.3, -0.25) is 0 Å². The molecule has 0 saturated carbocycles. The minimum Gasteiger partial charge on any atom is -0.363 e. The van der Waals surface area contributed by atoms with Gasteiger partial charge in [0.15, 0.2) is 5.11 Å². The van der Waals surface area contributed by atoms with Gasteiger partial charge in [0, 0.05) is 31.1 Å². The molecule has 3 nitrogen and oxygen atoms in total. The molecule has 0 unspecified atom stereocenters. The van der Waals surface area contributed by atoms with Crippen LogP contribution in [0.25, 0.3) is 0 Å². The Hall–Kier alpha value is -1.91. The van der Waals surface area contributed by atoms with Gasteiger partial charge in [0.2, 0.25) is 0 Å². The molecule has 0 spiro atoms. The Balaban J connectivity index is 1.82. The fourth-order valence-corrected chi connectivity index (χ4v) is 5.05. The van der Waals surface area contributed by atoms with Gasteiger partial charge in [0.1, 0.15) is 0 Å². The second kappa shape index (κ2) is 11.2. The number of hydrogen-bond donors (Lipinski definition) is 3. The molecule has 3 rings (SSSR count). The van der Waals surface area contributed by atoms with Crippen molar-refractivity contribution < 1.29 is 0 Å². The summed E-state index contributed by atoms with van der Waals surface area (Å²) in [6, 6.07) is 19.3. The van der Waals surface area contributed by atoms with Gasteiger partial charge in [-0.25, -0.2) is 0 Å². The minimum absolute atomic E-state index is 0.156. The van der Waals surface area contributed by atoms with Crippen molar-refractivity contribution in [3.05, 3.63) is 70.8 Å². The smallest absolute Gasteiger partial charge is 0.166 e. The summed E-state index contributed by atoms with van der Waals surface area (Å²) in [5.74, 6) is 0.302. The Labute approximate surface area is 213 Å². The van der Waals surface area contributed by atoms with Crippen molar-refractivity contribution in [2.75, 3.05) is 13.1 Å². The highest BCUT2D eigenvalue weighted by molar-refractivity contribution is 7.80. The van der Waals surface area contributed by atoms with Crippen LogP contribution in [0, 0.1) is 0 Å². The molecule has 2 aromatic carbocycles. The van der Waals surface area contributed by atoms with E-state index in [9.17, 15) is 0 Å². The molecule has 0 amide bonds. The van der Waals surface area contributed by atoms with Crippen LogP contribution < -0.4 is 16.0 Å². The molecule has 1 heterocycles. The summed E-state index contributed by atoms with van der Waals surface area (Å²) in [6.07, 6.45) is 3.36. The van der Waals surface area contributed by atoms with Crippen LogP contribution in [0.4, 0.5) is 0 Å². The lowest BCUT2D eigenvalue weighted by Gasteiger charge is -2.28. The predicted molar refractivity (Wildman–Crippen MR) is 151 cm³/mol. The summed E-state index contributed by atoms with van der Waals surface area (Å²) in [5, 5.41) is 11.5. The molecule has 1 aliphatic heterocycles. The van der Waals surface area contributed by atoms with Crippen LogP contribution in [0.3, 0.4) is 0 Å². The van der Waals surface area contributed by atoms with E-state index in [2.05, 4.69) is 113 Å². The van der Waals surface area contributed by atoms with E-state index in [-0.39, 0.29) is 10.8 Å². The number of benzene rings is 2. The maximum Gasteiger partial charge on any atom is 0.166 e. The fraction of sp³-hybridized carbons (Fsp3) is 0.567. The highest BCUT2D eigenvalue weighted by Crippen LogP contribution is 2.35. The van der Waals surface area contributed by atoms with E-state index in [1.54, 1.807) is 0 Å².